The van der Waals surface area contributed by atoms with Crippen molar-refractivity contribution in [3.05, 3.63) is 33.8 Å². The van der Waals surface area contributed by atoms with E-state index in [0.29, 0.717) is 5.41 Å². The third kappa shape index (κ3) is 4.47. The van der Waals surface area contributed by atoms with E-state index in [2.05, 4.69) is 38.3 Å². The van der Waals surface area contributed by atoms with Crippen LogP contribution in [0.1, 0.15) is 61.6 Å². The van der Waals surface area contributed by atoms with Crippen LogP contribution in [-0.2, 0) is 6.42 Å². The molecule has 0 bridgehead atoms. The number of benzene rings is 1. The fourth-order valence-corrected chi connectivity index (χ4v) is 4.05. The first-order valence-corrected chi connectivity index (χ1v) is 8.84. The van der Waals surface area contributed by atoms with Crippen LogP contribution in [-0.4, -0.2) is 13.6 Å². The SMILES string of the molecule is CNCCC1(CCc2cc(C)c(Cl)cc2C)CCCCC1. The zero-order valence-corrected chi connectivity index (χ0v) is 14.7. The molecule has 1 fully saturated rings. The normalized spacial score (nSPS) is 17.9. The molecule has 0 aromatic heterocycles. The summed E-state index contributed by atoms with van der Waals surface area (Å²) in [5.41, 5.74) is 4.63. The van der Waals surface area contributed by atoms with Gasteiger partial charge in [-0.1, -0.05) is 36.9 Å². The fraction of sp³-hybridized carbons (Fsp3) is 0.684. The van der Waals surface area contributed by atoms with Crippen LogP contribution in [0.2, 0.25) is 5.02 Å². The van der Waals surface area contributed by atoms with Crippen molar-refractivity contribution in [2.24, 2.45) is 5.41 Å². The van der Waals surface area contributed by atoms with Crippen LogP contribution in [0.4, 0.5) is 0 Å². The highest BCUT2D eigenvalue weighted by molar-refractivity contribution is 6.31. The molecule has 0 heterocycles. The first-order valence-electron chi connectivity index (χ1n) is 8.47. The van der Waals surface area contributed by atoms with E-state index < -0.39 is 0 Å². The maximum Gasteiger partial charge on any atom is 0.0438 e. The second-order valence-electron chi connectivity index (χ2n) is 6.94. The maximum absolute atomic E-state index is 6.22. The summed E-state index contributed by atoms with van der Waals surface area (Å²) in [6, 6.07) is 4.43. The lowest BCUT2D eigenvalue weighted by molar-refractivity contribution is 0.157. The molecule has 1 aliphatic rings. The van der Waals surface area contributed by atoms with Gasteiger partial charge >= 0.3 is 0 Å². The number of rotatable bonds is 6. The van der Waals surface area contributed by atoms with Gasteiger partial charge in [0.15, 0.2) is 0 Å². The predicted octanol–water partition coefficient (Wildman–Crippen LogP) is 5.45. The van der Waals surface area contributed by atoms with Gasteiger partial charge < -0.3 is 5.32 Å². The molecule has 0 aliphatic heterocycles. The van der Waals surface area contributed by atoms with Crippen molar-refractivity contribution in [1.29, 1.82) is 0 Å². The topological polar surface area (TPSA) is 12.0 Å². The van der Waals surface area contributed by atoms with E-state index in [-0.39, 0.29) is 0 Å². The Bertz CT molecular complexity index is 461. The summed E-state index contributed by atoms with van der Waals surface area (Å²) >= 11 is 6.22. The largest absolute Gasteiger partial charge is 0.320 e. The number of hydrogen-bond donors (Lipinski definition) is 1. The molecule has 2 rings (SSSR count). The van der Waals surface area contributed by atoms with Crippen LogP contribution in [0, 0.1) is 19.3 Å². The van der Waals surface area contributed by atoms with Crippen molar-refractivity contribution >= 4 is 11.6 Å². The van der Waals surface area contributed by atoms with Crippen molar-refractivity contribution in [2.45, 2.75) is 65.2 Å². The van der Waals surface area contributed by atoms with E-state index in [0.717, 1.165) is 11.6 Å². The fourth-order valence-electron chi connectivity index (χ4n) is 3.83. The van der Waals surface area contributed by atoms with Crippen LogP contribution < -0.4 is 5.32 Å². The number of aryl methyl sites for hydroxylation is 3. The Morgan fingerprint density at radius 1 is 1.05 bits per heavy atom. The second kappa shape index (κ2) is 7.65. The van der Waals surface area contributed by atoms with Crippen LogP contribution >= 0.6 is 11.6 Å². The van der Waals surface area contributed by atoms with Gasteiger partial charge in [0.1, 0.15) is 0 Å². The van der Waals surface area contributed by atoms with Gasteiger partial charge in [-0.15, -0.1) is 0 Å². The number of nitrogens with one attached hydrogen (secondary N) is 1. The summed E-state index contributed by atoms with van der Waals surface area (Å²) in [6.07, 6.45) is 11.0. The Kier molecular flexibility index (Phi) is 6.13. The molecule has 0 amide bonds. The highest BCUT2D eigenvalue weighted by Crippen LogP contribution is 2.43. The zero-order valence-electron chi connectivity index (χ0n) is 13.9. The quantitative estimate of drug-likeness (QED) is 0.737. The number of halogens is 1. The van der Waals surface area contributed by atoms with E-state index in [9.17, 15) is 0 Å². The van der Waals surface area contributed by atoms with Crippen LogP contribution in [0.3, 0.4) is 0 Å². The molecule has 2 heteroatoms. The van der Waals surface area contributed by atoms with Gasteiger partial charge in [0, 0.05) is 5.02 Å². The molecule has 0 spiro atoms. The van der Waals surface area contributed by atoms with Crippen molar-refractivity contribution in [3.8, 4) is 0 Å². The summed E-state index contributed by atoms with van der Waals surface area (Å²) in [4.78, 5) is 0. The smallest absolute Gasteiger partial charge is 0.0438 e. The molecule has 0 atom stereocenters. The Balaban J connectivity index is 2.06. The number of hydrogen-bond acceptors (Lipinski definition) is 1. The molecular formula is C19H30ClN. The van der Waals surface area contributed by atoms with E-state index >= 15 is 0 Å². The van der Waals surface area contributed by atoms with Crippen molar-refractivity contribution in [3.63, 3.8) is 0 Å². The molecule has 0 saturated heterocycles. The minimum atomic E-state index is 0.571. The van der Waals surface area contributed by atoms with Gasteiger partial charge in [-0.05, 0) is 87.7 Å². The molecule has 1 aromatic carbocycles. The summed E-state index contributed by atoms with van der Waals surface area (Å²) < 4.78 is 0. The summed E-state index contributed by atoms with van der Waals surface area (Å²) in [7, 11) is 2.07. The van der Waals surface area contributed by atoms with E-state index in [1.165, 1.54) is 68.1 Å². The Hall–Kier alpha value is -0.530. The first kappa shape index (κ1) is 16.8. The van der Waals surface area contributed by atoms with Gasteiger partial charge in [0.2, 0.25) is 0 Å². The average Bonchev–Trinajstić information content (AvgIpc) is 2.49. The molecule has 0 unspecified atom stereocenters. The van der Waals surface area contributed by atoms with E-state index in [1.54, 1.807) is 0 Å². The molecule has 0 radical (unpaired) electrons. The van der Waals surface area contributed by atoms with Gasteiger partial charge in [-0.25, -0.2) is 0 Å². The highest BCUT2D eigenvalue weighted by Gasteiger charge is 2.31. The molecular weight excluding hydrogens is 278 g/mol. The Labute approximate surface area is 135 Å². The molecule has 21 heavy (non-hydrogen) atoms. The minimum Gasteiger partial charge on any atom is -0.320 e. The Morgan fingerprint density at radius 3 is 2.43 bits per heavy atom. The summed E-state index contributed by atoms with van der Waals surface area (Å²) in [6.45, 7) is 5.46. The highest BCUT2D eigenvalue weighted by atomic mass is 35.5. The van der Waals surface area contributed by atoms with Crippen molar-refractivity contribution < 1.29 is 0 Å². The maximum atomic E-state index is 6.22. The second-order valence-corrected chi connectivity index (χ2v) is 7.35. The standard InChI is InChI=1S/C19H30ClN/c1-15-14-18(20)16(2)13-17(15)7-10-19(11-12-21-3)8-5-4-6-9-19/h13-14,21H,4-12H2,1-3H3. The zero-order chi connectivity index (χ0) is 15.3. The van der Waals surface area contributed by atoms with Gasteiger partial charge in [-0.3, -0.25) is 0 Å². The van der Waals surface area contributed by atoms with Gasteiger partial charge in [-0.2, -0.15) is 0 Å². The lowest BCUT2D eigenvalue weighted by Gasteiger charge is -2.38. The van der Waals surface area contributed by atoms with Crippen LogP contribution in [0.15, 0.2) is 12.1 Å². The van der Waals surface area contributed by atoms with E-state index in [4.69, 9.17) is 11.6 Å². The minimum absolute atomic E-state index is 0.571. The summed E-state index contributed by atoms with van der Waals surface area (Å²) in [5.74, 6) is 0. The van der Waals surface area contributed by atoms with Gasteiger partial charge in [0.05, 0.1) is 0 Å². The van der Waals surface area contributed by atoms with E-state index in [1.807, 2.05) is 0 Å². The molecule has 1 aromatic rings. The molecule has 1 aliphatic carbocycles. The molecule has 1 nitrogen and oxygen atoms in total. The third-order valence-electron chi connectivity index (χ3n) is 5.36. The monoisotopic (exact) mass is 307 g/mol. The predicted molar refractivity (Wildman–Crippen MR) is 93.3 cm³/mol. The van der Waals surface area contributed by atoms with Crippen molar-refractivity contribution in [2.75, 3.05) is 13.6 Å². The third-order valence-corrected chi connectivity index (χ3v) is 5.77. The van der Waals surface area contributed by atoms with Crippen LogP contribution in [0.25, 0.3) is 0 Å². The lowest BCUT2D eigenvalue weighted by atomic mass is 9.68. The van der Waals surface area contributed by atoms with Gasteiger partial charge in [0.25, 0.3) is 0 Å². The molecule has 1 N–H and O–H groups in total. The molecule has 1 saturated carbocycles. The Morgan fingerprint density at radius 2 is 1.76 bits per heavy atom. The lowest BCUT2D eigenvalue weighted by Crippen LogP contribution is -2.29. The summed E-state index contributed by atoms with van der Waals surface area (Å²) in [5, 5.41) is 4.25. The van der Waals surface area contributed by atoms with Crippen molar-refractivity contribution in [1.82, 2.24) is 5.32 Å². The van der Waals surface area contributed by atoms with Crippen LogP contribution in [0.5, 0.6) is 0 Å². The average molecular weight is 308 g/mol. The first-order chi connectivity index (χ1) is 10.1. The molecule has 118 valence electrons.